The van der Waals surface area contributed by atoms with Gasteiger partial charge >= 0.3 is 0 Å². The van der Waals surface area contributed by atoms with E-state index in [2.05, 4.69) is 18.1 Å². The summed E-state index contributed by atoms with van der Waals surface area (Å²) in [6.45, 7) is 10.9. The molecule has 0 N–H and O–H groups in total. The molecule has 0 aliphatic carbocycles. The number of rotatable bonds is 4. The Balaban J connectivity index is 2.35. The van der Waals surface area contributed by atoms with Crippen molar-refractivity contribution in [3.05, 3.63) is 40.6 Å². The quantitative estimate of drug-likeness (QED) is 0.631. The van der Waals surface area contributed by atoms with E-state index in [0.717, 1.165) is 35.3 Å². The second kappa shape index (κ2) is 5.71. The van der Waals surface area contributed by atoms with Crippen molar-refractivity contribution in [2.75, 3.05) is 6.54 Å². The summed E-state index contributed by atoms with van der Waals surface area (Å²) in [6, 6.07) is 2.04. The molecule has 0 unspecified atom stereocenters. The Labute approximate surface area is 123 Å². The van der Waals surface area contributed by atoms with E-state index in [1.165, 1.54) is 4.90 Å². The summed E-state index contributed by atoms with van der Waals surface area (Å²) in [5, 5.41) is -0.231. The van der Waals surface area contributed by atoms with Crippen LogP contribution in [0, 0.1) is 13.8 Å². The van der Waals surface area contributed by atoms with Crippen molar-refractivity contribution >= 4 is 29.0 Å². The summed E-state index contributed by atoms with van der Waals surface area (Å²) in [5.74, 6) is -0.235. The number of hydrogen-bond acceptors (Lipinski definition) is 3. The van der Waals surface area contributed by atoms with Crippen molar-refractivity contribution in [3.63, 3.8) is 0 Å². The molecule has 2 amide bonds. The number of imide groups is 1. The smallest absolute Gasteiger partial charge is 0.293 e. The van der Waals surface area contributed by atoms with Gasteiger partial charge in [0.1, 0.15) is 0 Å². The first-order valence-electron chi connectivity index (χ1n) is 6.52. The van der Waals surface area contributed by atoms with Crippen LogP contribution in [0.2, 0.25) is 0 Å². The molecule has 1 aliphatic heterocycles. The predicted octanol–water partition coefficient (Wildman–Crippen LogP) is 3.35. The van der Waals surface area contributed by atoms with E-state index in [9.17, 15) is 9.59 Å². The zero-order valence-electron chi connectivity index (χ0n) is 12.0. The van der Waals surface area contributed by atoms with Gasteiger partial charge in [-0.15, -0.1) is 6.58 Å². The molecule has 0 bridgehead atoms. The minimum atomic E-state index is -0.235. The normalized spacial score (nSPS) is 17.4. The molecule has 0 aromatic carbocycles. The maximum atomic E-state index is 12.1. The molecule has 5 heteroatoms. The van der Waals surface area contributed by atoms with Gasteiger partial charge in [-0.25, -0.2) is 0 Å². The summed E-state index contributed by atoms with van der Waals surface area (Å²) in [6.07, 6.45) is 3.37. The van der Waals surface area contributed by atoms with Crippen molar-refractivity contribution in [1.82, 2.24) is 9.47 Å². The van der Waals surface area contributed by atoms with Gasteiger partial charge in [-0.3, -0.25) is 14.5 Å². The van der Waals surface area contributed by atoms with Gasteiger partial charge in [0.25, 0.3) is 11.1 Å². The number of amides is 2. The van der Waals surface area contributed by atoms with Crippen LogP contribution in [-0.4, -0.2) is 27.2 Å². The monoisotopic (exact) mass is 290 g/mol. The fourth-order valence-corrected chi connectivity index (χ4v) is 3.23. The topological polar surface area (TPSA) is 42.3 Å². The highest BCUT2D eigenvalue weighted by atomic mass is 32.2. The van der Waals surface area contributed by atoms with E-state index < -0.39 is 0 Å². The molecule has 106 valence electrons. The zero-order valence-corrected chi connectivity index (χ0v) is 12.8. The third-order valence-electron chi connectivity index (χ3n) is 3.40. The predicted molar refractivity (Wildman–Crippen MR) is 82.5 cm³/mol. The van der Waals surface area contributed by atoms with Gasteiger partial charge in [0, 0.05) is 24.5 Å². The molecule has 0 spiro atoms. The third-order valence-corrected chi connectivity index (χ3v) is 4.31. The molecule has 1 aliphatic rings. The second-order valence-corrected chi connectivity index (χ2v) is 5.64. The lowest BCUT2D eigenvalue weighted by Gasteiger charge is -2.07. The minimum absolute atomic E-state index is 0.231. The van der Waals surface area contributed by atoms with Crippen molar-refractivity contribution < 1.29 is 9.59 Å². The molecule has 1 aromatic heterocycles. The van der Waals surface area contributed by atoms with E-state index in [1.54, 1.807) is 6.08 Å². The first-order chi connectivity index (χ1) is 9.49. The van der Waals surface area contributed by atoms with E-state index in [0.29, 0.717) is 4.91 Å². The zero-order chi connectivity index (χ0) is 14.9. The average molecular weight is 290 g/mol. The highest BCUT2D eigenvalue weighted by Crippen LogP contribution is 2.33. The number of aryl methyl sites for hydroxylation is 1. The molecule has 4 nitrogen and oxygen atoms in total. The lowest BCUT2D eigenvalue weighted by atomic mass is 10.2. The minimum Gasteiger partial charge on any atom is -0.349 e. The summed E-state index contributed by atoms with van der Waals surface area (Å²) in [7, 11) is 0. The molecule has 0 radical (unpaired) electrons. The molecule has 2 rings (SSSR count). The maximum absolute atomic E-state index is 12.1. The average Bonchev–Trinajstić information content (AvgIpc) is 2.82. The van der Waals surface area contributed by atoms with Crippen molar-refractivity contribution in [2.24, 2.45) is 0 Å². The summed E-state index contributed by atoms with van der Waals surface area (Å²) < 4.78 is 2.18. The fourth-order valence-electron chi connectivity index (χ4n) is 2.39. The van der Waals surface area contributed by atoms with Crippen LogP contribution in [0.15, 0.2) is 23.6 Å². The number of aromatic nitrogens is 1. The summed E-state index contributed by atoms with van der Waals surface area (Å²) in [4.78, 5) is 25.6. The Morgan fingerprint density at radius 3 is 2.60 bits per heavy atom. The van der Waals surface area contributed by atoms with Crippen molar-refractivity contribution in [2.45, 2.75) is 27.3 Å². The van der Waals surface area contributed by atoms with Crippen LogP contribution in [-0.2, 0) is 11.3 Å². The Morgan fingerprint density at radius 2 is 2.05 bits per heavy atom. The molecular weight excluding hydrogens is 272 g/mol. The lowest BCUT2D eigenvalue weighted by molar-refractivity contribution is -0.122. The Kier molecular flexibility index (Phi) is 4.18. The molecule has 1 saturated heterocycles. The Hall–Kier alpha value is -1.75. The van der Waals surface area contributed by atoms with Crippen LogP contribution in [0.1, 0.15) is 23.9 Å². The second-order valence-electron chi connectivity index (χ2n) is 4.65. The number of nitrogens with zero attached hydrogens (tertiary/aromatic N) is 2. The van der Waals surface area contributed by atoms with Crippen LogP contribution in [0.25, 0.3) is 6.08 Å². The number of hydrogen-bond donors (Lipinski definition) is 0. The Bertz CT molecular complexity index is 614. The first kappa shape index (κ1) is 14.7. The van der Waals surface area contributed by atoms with E-state index in [1.807, 2.05) is 26.0 Å². The van der Waals surface area contributed by atoms with Gasteiger partial charge in [0.15, 0.2) is 0 Å². The van der Waals surface area contributed by atoms with Crippen LogP contribution in [0.5, 0.6) is 0 Å². The van der Waals surface area contributed by atoms with Crippen LogP contribution in [0.3, 0.4) is 0 Å². The van der Waals surface area contributed by atoms with E-state index in [-0.39, 0.29) is 17.7 Å². The molecule has 1 fully saturated rings. The molecular formula is C15H18N2O2S. The molecule has 1 aromatic rings. The van der Waals surface area contributed by atoms with Gasteiger partial charge in [0.05, 0.1) is 4.91 Å². The molecule has 0 saturated carbocycles. The van der Waals surface area contributed by atoms with Crippen molar-refractivity contribution in [3.8, 4) is 0 Å². The van der Waals surface area contributed by atoms with E-state index in [4.69, 9.17) is 0 Å². The van der Waals surface area contributed by atoms with Gasteiger partial charge < -0.3 is 4.57 Å². The van der Waals surface area contributed by atoms with Crippen LogP contribution < -0.4 is 0 Å². The number of thioether (sulfide) groups is 1. The van der Waals surface area contributed by atoms with Gasteiger partial charge in [-0.2, -0.15) is 0 Å². The fraction of sp³-hybridized carbons (Fsp3) is 0.333. The first-order valence-corrected chi connectivity index (χ1v) is 7.34. The third kappa shape index (κ3) is 2.45. The number of carbonyl (C=O) groups excluding carboxylic acids is 2. The standard InChI is InChI=1S/C15H18N2O2S/c1-5-7-17-14(18)13(20-15(17)19)9-12-8-10(3)16(6-2)11(12)4/h5,8-9H,1,6-7H2,2-4H3. The number of carbonyl (C=O) groups is 2. The van der Waals surface area contributed by atoms with Crippen LogP contribution >= 0.6 is 11.8 Å². The molecule has 0 atom stereocenters. The lowest BCUT2D eigenvalue weighted by Crippen LogP contribution is -2.27. The highest BCUT2D eigenvalue weighted by Gasteiger charge is 2.34. The van der Waals surface area contributed by atoms with Crippen LogP contribution in [0.4, 0.5) is 4.79 Å². The maximum Gasteiger partial charge on any atom is 0.293 e. The summed E-state index contributed by atoms with van der Waals surface area (Å²) in [5.41, 5.74) is 3.26. The summed E-state index contributed by atoms with van der Waals surface area (Å²) >= 11 is 0.990. The Morgan fingerprint density at radius 1 is 1.35 bits per heavy atom. The van der Waals surface area contributed by atoms with E-state index >= 15 is 0 Å². The SMILES string of the molecule is C=CCN1C(=O)SC(=Cc2cc(C)n(CC)c2C)C1=O. The van der Waals surface area contributed by atoms with Gasteiger partial charge in [0.2, 0.25) is 0 Å². The van der Waals surface area contributed by atoms with Gasteiger partial charge in [-0.1, -0.05) is 6.08 Å². The largest absolute Gasteiger partial charge is 0.349 e. The van der Waals surface area contributed by atoms with Crippen molar-refractivity contribution in [1.29, 1.82) is 0 Å². The van der Waals surface area contributed by atoms with Gasteiger partial charge in [-0.05, 0) is 50.2 Å². The highest BCUT2D eigenvalue weighted by molar-refractivity contribution is 8.18. The molecule has 2 heterocycles. The molecule has 20 heavy (non-hydrogen) atoms.